The first-order chi connectivity index (χ1) is 11.4. The van der Waals surface area contributed by atoms with Gasteiger partial charge in [-0.1, -0.05) is 13.8 Å². The highest BCUT2D eigenvalue weighted by atomic mass is 16.5. The van der Waals surface area contributed by atoms with Gasteiger partial charge in [0.25, 0.3) is 0 Å². The molecule has 2 aliphatic rings. The molecule has 0 aromatic rings. The molecule has 3 N–H and O–H groups in total. The molecule has 2 fully saturated rings. The minimum Gasteiger partial charge on any atom is -0.376 e. The van der Waals surface area contributed by atoms with Gasteiger partial charge in [0, 0.05) is 18.6 Å². The number of carbonyl (C=O) groups is 1. The Hall–Kier alpha value is -0.810. The number of nitrogens with one attached hydrogen (secondary N) is 1. The highest BCUT2D eigenvalue weighted by Crippen LogP contribution is 2.31. The molecular weight excluding hydrogens is 302 g/mol. The van der Waals surface area contributed by atoms with Crippen LogP contribution in [-0.4, -0.2) is 48.3 Å². The number of rotatable bonds is 5. The van der Waals surface area contributed by atoms with E-state index in [0.29, 0.717) is 12.7 Å². The number of amides is 2. The molecule has 0 radical (unpaired) electrons. The van der Waals surface area contributed by atoms with Gasteiger partial charge >= 0.3 is 6.03 Å². The molecule has 0 bridgehead atoms. The molecular formula is C19H37N3O2. The van der Waals surface area contributed by atoms with Gasteiger partial charge in [0.1, 0.15) is 0 Å². The fraction of sp³-hybridized carbons (Fsp3) is 0.947. The molecule has 0 aromatic carbocycles. The Bertz CT molecular complexity index is 392. The molecule has 0 spiro atoms. The number of urea groups is 1. The molecule has 1 heterocycles. The lowest BCUT2D eigenvalue weighted by molar-refractivity contribution is -0.0229. The Labute approximate surface area is 147 Å². The van der Waals surface area contributed by atoms with Crippen LogP contribution in [-0.2, 0) is 4.74 Å². The van der Waals surface area contributed by atoms with E-state index in [9.17, 15) is 4.79 Å². The maximum atomic E-state index is 12.4. The lowest BCUT2D eigenvalue weighted by Crippen LogP contribution is -2.59. The maximum Gasteiger partial charge on any atom is 0.317 e. The highest BCUT2D eigenvalue weighted by Gasteiger charge is 2.34. The number of nitrogens with two attached hydrogens (primary N) is 1. The first kappa shape index (κ1) is 19.5. The van der Waals surface area contributed by atoms with Gasteiger partial charge in [-0.3, -0.25) is 0 Å². The molecule has 5 nitrogen and oxygen atoms in total. The molecule has 0 aromatic heterocycles. The zero-order chi connectivity index (χ0) is 17.7. The Morgan fingerprint density at radius 1 is 1.17 bits per heavy atom. The quantitative estimate of drug-likeness (QED) is 0.808. The normalized spacial score (nSPS) is 31.5. The van der Waals surface area contributed by atoms with Crippen LogP contribution < -0.4 is 11.1 Å². The summed E-state index contributed by atoms with van der Waals surface area (Å²) in [7, 11) is 0. The monoisotopic (exact) mass is 339 g/mol. The van der Waals surface area contributed by atoms with Gasteiger partial charge in [-0.05, 0) is 64.2 Å². The second-order valence-corrected chi connectivity index (χ2v) is 8.29. The molecule has 24 heavy (non-hydrogen) atoms. The Morgan fingerprint density at radius 3 is 2.42 bits per heavy atom. The van der Waals surface area contributed by atoms with Crippen molar-refractivity contribution < 1.29 is 9.53 Å². The van der Waals surface area contributed by atoms with Crippen LogP contribution in [0.2, 0.25) is 0 Å². The van der Waals surface area contributed by atoms with Crippen molar-refractivity contribution in [3.63, 3.8) is 0 Å². The van der Waals surface area contributed by atoms with E-state index in [1.54, 1.807) is 0 Å². The molecule has 2 atom stereocenters. The number of ether oxygens (including phenoxy) is 1. The zero-order valence-electron chi connectivity index (χ0n) is 16.0. The van der Waals surface area contributed by atoms with E-state index in [1.165, 1.54) is 12.8 Å². The number of carbonyl (C=O) groups excluding carboxylic acids is 1. The van der Waals surface area contributed by atoms with Crippen LogP contribution in [0, 0.1) is 11.8 Å². The van der Waals surface area contributed by atoms with E-state index in [-0.39, 0.29) is 24.2 Å². The maximum absolute atomic E-state index is 12.4. The summed E-state index contributed by atoms with van der Waals surface area (Å²) >= 11 is 0. The van der Waals surface area contributed by atoms with Crippen LogP contribution in [0.3, 0.4) is 0 Å². The van der Waals surface area contributed by atoms with Gasteiger partial charge in [0.05, 0.1) is 18.8 Å². The molecule has 1 aliphatic carbocycles. The highest BCUT2D eigenvalue weighted by molar-refractivity contribution is 5.75. The van der Waals surface area contributed by atoms with Gasteiger partial charge in [-0.15, -0.1) is 0 Å². The lowest BCUT2D eigenvalue weighted by Gasteiger charge is -2.41. The third-order valence-electron chi connectivity index (χ3n) is 5.67. The Kier molecular flexibility index (Phi) is 7.35. The van der Waals surface area contributed by atoms with Gasteiger partial charge < -0.3 is 20.7 Å². The van der Waals surface area contributed by atoms with Crippen molar-refractivity contribution in [1.29, 1.82) is 0 Å². The van der Waals surface area contributed by atoms with Crippen LogP contribution in [0.15, 0.2) is 0 Å². The summed E-state index contributed by atoms with van der Waals surface area (Å²) in [6, 6.07) is 0.157. The van der Waals surface area contributed by atoms with E-state index in [2.05, 4.69) is 19.2 Å². The fourth-order valence-electron chi connectivity index (χ4n) is 4.04. The number of nitrogens with zero attached hydrogens (tertiary/aromatic N) is 1. The summed E-state index contributed by atoms with van der Waals surface area (Å²) < 4.78 is 6.20. The molecule has 1 saturated carbocycles. The lowest BCUT2D eigenvalue weighted by atomic mass is 9.80. The average molecular weight is 340 g/mol. The third kappa shape index (κ3) is 5.35. The fourth-order valence-corrected chi connectivity index (χ4v) is 4.04. The number of hydrogen-bond acceptors (Lipinski definition) is 3. The molecule has 2 rings (SSSR count). The number of piperidine rings is 1. The summed E-state index contributed by atoms with van der Waals surface area (Å²) in [6.45, 7) is 9.96. The van der Waals surface area contributed by atoms with E-state index in [1.807, 2.05) is 18.7 Å². The topological polar surface area (TPSA) is 67.6 Å². The van der Waals surface area contributed by atoms with Gasteiger partial charge in [0.15, 0.2) is 0 Å². The SMILES string of the molecule is CC(C)NC(=O)N1CCC[C@H](N)[C@@H]1CO[C@H]1CC[C@@H](C(C)C)CC1. The summed E-state index contributed by atoms with van der Waals surface area (Å²) in [4.78, 5) is 14.3. The molecule has 140 valence electrons. The standard InChI is InChI=1S/C19H37N3O2/c1-13(2)15-7-9-16(10-8-15)24-12-18-17(20)6-5-11-22(18)19(23)21-14(3)4/h13-18H,5-12,20H2,1-4H3,(H,21,23)/t15-,16+,17-,18-/m0/s1. The second kappa shape index (κ2) is 9.04. The summed E-state index contributed by atoms with van der Waals surface area (Å²) in [5.41, 5.74) is 6.31. The van der Waals surface area contributed by atoms with Crippen LogP contribution in [0.1, 0.15) is 66.2 Å². The first-order valence-electron chi connectivity index (χ1n) is 9.82. The average Bonchev–Trinajstić information content (AvgIpc) is 2.53. The minimum atomic E-state index is -0.00253. The predicted molar refractivity (Wildman–Crippen MR) is 97.9 cm³/mol. The van der Waals surface area contributed by atoms with E-state index < -0.39 is 0 Å². The van der Waals surface area contributed by atoms with Crippen molar-refractivity contribution >= 4 is 6.03 Å². The van der Waals surface area contributed by atoms with Crippen molar-refractivity contribution in [2.45, 2.75) is 90.4 Å². The molecule has 2 amide bonds. The molecule has 1 saturated heterocycles. The Balaban J connectivity index is 1.85. The zero-order valence-corrected chi connectivity index (χ0v) is 16.0. The second-order valence-electron chi connectivity index (χ2n) is 8.29. The van der Waals surface area contributed by atoms with E-state index in [4.69, 9.17) is 10.5 Å². The van der Waals surface area contributed by atoms with Crippen molar-refractivity contribution in [1.82, 2.24) is 10.2 Å². The third-order valence-corrected chi connectivity index (χ3v) is 5.67. The van der Waals surface area contributed by atoms with Crippen LogP contribution in [0.4, 0.5) is 4.79 Å². The van der Waals surface area contributed by atoms with E-state index in [0.717, 1.165) is 44.1 Å². The van der Waals surface area contributed by atoms with Crippen molar-refractivity contribution in [2.24, 2.45) is 17.6 Å². The number of hydrogen-bond donors (Lipinski definition) is 2. The smallest absolute Gasteiger partial charge is 0.317 e. The van der Waals surface area contributed by atoms with Crippen LogP contribution in [0.25, 0.3) is 0 Å². The van der Waals surface area contributed by atoms with Crippen LogP contribution in [0.5, 0.6) is 0 Å². The first-order valence-corrected chi connectivity index (χ1v) is 9.82. The summed E-state index contributed by atoms with van der Waals surface area (Å²) in [5.74, 6) is 1.61. The van der Waals surface area contributed by atoms with Crippen molar-refractivity contribution in [3.05, 3.63) is 0 Å². The minimum absolute atomic E-state index is 0.000298. The van der Waals surface area contributed by atoms with Crippen molar-refractivity contribution in [3.8, 4) is 0 Å². The molecule has 5 heteroatoms. The summed E-state index contributed by atoms with van der Waals surface area (Å²) in [6.07, 6.45) is 7.09. The Morgan fingerprint density at radius 2 is 1.83 bits per heavy atom. The van der Waals surface area contributed by atoms with Crippen molar-refractivity contribution in [2.75, 3.05) is 13.2 Å². The van der Waals surface area contributed by atoms with E-state index >= 15 is 0 Å². The van der Waals surface area contributed by atoms with Gasteiger partial charge in [0.2, 0.25) is 0 Å². The van der Waals surface area contributed by atoms with Gasteiger partial charge in [-0.25, -0.2) is 4.79 Å². The number of likely N-dealkylation sites (tertiary alicyclic amines) is 1. The predicted octanol–water partition coefficient (Wildman–Crippen LogP) is 3.13. The summed E-state index contributed by atoms with van der Waals surface area (Å²) in [5, 5.41) is 3.00. The van der Waals surface area contributed by atoms with Gasteiger partial charge in [-0.2, -0.15) is 0 Å². The molecule has 1 aliphatic heterocycles. The molecule has 0 unspecified atom stereocenters. The largest absolute Gasteiger partial charge is 0.376 e. The van der Waals surface area contributed by atoms with Crippen LogP contribution >= 0.6 is 0 Å².